The molecule has 2 saturated heterocycles. The van der Waals surface area contributed by atoms with Crippen molar-refractivity contribution in [2.75, 3.05) is 18.1 Å². The monoisotopic (exact) mass is 306 g/mol. The van der Waals surface area contributed by atoms with Crippen molar-refractivity contribution in [3.8, 4) is 0 Å². The van der Waals surface area contributed by atoms with Crippen molar-refractivity contribution in [1.29, 1.82) is 0 Å². The highest BCUT2D eigenvalue weighted by atomic mass is 32.2. The van der Waals surface area contributed by atoms with E-state index in [0.29, 0.717) is 6.42 Å². The van der Waals surface area contributed by atoms with E-state index >= 15 is 0 Å². The van der Waals surface area contributed by atoms with Crippen molar-refractivity contribution >= 4 is 21.0 Å². The zero-order valence-corrected chi connectivity index (χ0v) is 12.5. The Bertz CT molecular complexity index is 777. The number of fused-ring (bicyclic) bond motifs is 1. The SMILES string of the molecule is O=S1(=O)CCC(c2nc3cccnc3n2C2CCCN2)C1. The van der Waals surface area contributed by atoms with Gasteiger partial charge in [0.25, 0.3) is 0 Å². The molecule has 0 radical (unpaired) electrons. The summed E-state index contributed by atoms with van der Waals surface area (Å²) in [5, 5.41) is 3.47. The molecular weight excluding hydrogens is 288 g/mol. The van der Waals surface area contributed by atoms with E-state index in [9.17, 15) is 8.42 Å². The van der Waals surface area contributed by atoms with Gasteiger partial charge in [0.05, 0.1) is 17.7 Å². The topological polar surface area (TPSA) is 76.9 Å². The molecule has 2 aliphatic heterocycles. The number of aromatic nitrogens is 3. The van der Waals surface area contributed by atoms with Gasteiger partial charge in [-0.25, -0.2) is 18.4 Å². The van der Waals surface area contributed by atoms with Crippen LogP contribution in [0.5, 0.6) is 0 Å². The Morgan fingerprint density at radius 3 is 2.95 bits per heavy atom. The molecule has 2 atom stereocenters. The lowest BCUT2D eigenvalue weighted by atomic mass is 10.1. The van der Waals surface area contributed by atoms with Gasteiger partial charge in [0.15, 0.2) is 15.5 Å². The van der Waals surface area contributed by atoms with Gasteiger partial charge in [-0.15, -0.1) is 0 Å². The highest BCUT2D eigenvalue weighted by Gasteiger charge is 2.34. The summed E-state index contributed by atoms with van der Waals surface area (Å²) in [5.41, 5.74) is 1.71. The molecule has 6 nitrogen and oxygen atoms in total. The van der Waals surface area contributed by atoms with Crippen LogP contribution >= 0.6 is 0 Å². The maximum atomic E-state index is 11.8. The molecule has 2 aromatic rings. The van der Waals surface area contributed by atoms with Gasteiger partial charge in [-0.2, -0.15) is 0 Å². The summed E-state index contributed by atoms with van der Waals surface area (Å²) in [7, 11) is -2.92. The summed E-state index contributed by atoms with van der Waals surface area (Å²) in [4.78, 5) is 9.17. The van der Waals surface area contributed by atoms with Crippen LogP contribution in [0.2, 0.25) is 0 Å². The van der Waals surface area contributed by atoms with E-state index < -0.39 is 9.84 Å². The van der Waals surface area contributed by atoms with Crippen LogP contribution in [-0.2, 0) is 9.84 Å². The number of pyridine rings is 1. The molecule has 4 heterocycles. The van der Waals surface area contributed by atoms with E-state index in [1.54, 1.807) is 6.20 Å². The van der Waals surface area contributed by atoms with Gasteiger partial charge >= 0.3 is 0 Å². The summed E-state index contributed by atoms with van der Waals surface area (Å²) in [5.74, 6) is 1.35. The summed E-state index contributed by atoms with van der Waals surface area (Å²) in [6, 6.07) is 3.82. The molecule has 0 spiro atoms. The number of nitrogens with one attached hydrogen (secondary N) is 1. The van der Waals surface area contributed by atoms with Crippen molar-refractivity contribution < 1.29 is 8.42 Å². The second kappa shape index (κ2) is 4.78. The van der Waals surface area contributed by atoms with Gasteiger partial charge in [-0.05, 0) is 37.9 Å². The van der Waals surface area contributed by atoms with Gasteiger partial charge in [0, 0.05) is 12.1 Å². The largest absolute Gasteiger partial charge is 0.297 e. The minimum Gasteiger partial charge on any atom is -0.297 e. The third-order valence-electron chi connectivity index (χ3n) is 4.42. The second-order valence-corrected chi connectivity index (χ2v) is 8.13. The van der Waals surface area contributed by atoms with Crippen LogP contribution in [0.3, 0.4) is 0 Å². The van der Waals surface area contributed by atoms with Crippen LogP contribution in [0.4, 0.5) is 0 Å². The molecule has 2 unspecified atom stereocenters. The molecule has 0 amide bonds. The van der Waals surface area contributed by atoms with Crippen LogP contribution in [0, 0.1) is 0 Å². The lowest BCUT2D eigenvalue weighted by molar-refractivity contribution is 0.450. The zero-order valence-electron chi connectivity index (χ0n) is 11.7. The molecule has 4 rings (SSSR count). The predicted octanol–water partition coefficient (Wildman–Crippen LogP) is 1.22. The van der Waals surface area contributed by atoms with Crippen molar-refractivity contribution in [2.24, 2.45) is 0 Å². The number of rotatable bonds is 2. The average Bonchev–Trinajstić information content (AvgIpc) is 3.15. The van der Waals surface area contributed by atoms with Crippen LogP contribution in [0.1, 0.15) is 37.2 Å². The van der Waals surface area contributed by atoms with Gasteiger partial charge in [0.2, 0.25) is 0 Å². The number of hydrogen-bond donors (Lipinski definition) is 1. The molecule has 112 valence electrons. The van der Waals surface area contributed by atoms with E-state index in [-0.39, 0.29) is 23.6 Å². The molecule has 0 saturated carbocycles. The summed E-state index contributed by atoms with van der Waals surface area (Å²) >= 11 is 0. The van der Waals surface area contributed by atoms with Crippen molar-refractivity contribution in [3.63, 3.8) is 0 Å². The molecule has 0 bridgehead atoms. The third kappa shape index (κ3) is 2.24. The number of hydrogen-bond acceptors (Lipinski definition) is 5. The first-order valence-electron chi connectivity index (χ1n) is 7.41. The second-order valence-electron chi connectivity index (χ2n) is 5.90. The fourth-order valence-electron chi connectivity index (χ4n) is 3.43. The Hall–Kier alpha value is -1.47. The molecule has 0 aliphatic carbocycles. The maximum absolute atomic E-state index is 11.8. The van der Waals surface area contributed by atoms with Gasteiger partial charge in [-0.3, -0.25) is 9.88 Å². The summed E-state index contributed by atoms with van der Waals surface area (Å²) in [6.07, 6.45) is 4.78. The van der Waals surface area contributed by atoms with E-state index in [1.807, 2.05) is 12.1 Å². The lowest BCUT2D eigenvalue weighted by Crippen LogP contribution is -2.23. The highest BCUT2D eigenvalue weighted by Crippen LogP contribution is 2.33. The van der Waals surface area contributed by atoms with Gasteiger partial charge in [0.1, 0.15) is 11.3 Å². The fourth-order valence-corrected chi connectivity index (χ4v) is 5.17. The minimum absolute atomic E-state index is 0.00778. The van der Waals surface area contributed by atoms with Gasteiger partial charge in [-0.1, -0.05) is 0 Å². The number of nitrogens with zero attached hydrogens (tertiary/aromatic N) is 3. The van der Waals surface area contributed by atoms with E-state index in [2.05, 4.69) is 14.9 Å². The first kappa shape index (κ1) is 13.2. The first-order chi connectivity index (χ1) is 10.1. The molecular formula is C14H18N4O2S. The van der Waals surface area contributed by atoms with E-state index in [1.165, 1.54) is 0 Å². The Morgan fingerprint density at radius 1 is 1.33 bits per heavy atom. The van der Waals surface area contributed by atoms with E-state index in [4.69, 9.17) is 4.98 Å². The lowest BCUT2D eigenvalue weighted by Gasteiger charge is -2.18. The smallest absolute Gasteiger partial charge is 0.161 e. The predicted molar refractivity (Wildman–Crippen MR) is 79.8 cm³/mol. The normalized spacial score (nSPS) is 28.4. The quantitative estimate of drug-likeness (QED) is 0.902. The van der Waals surface area contributed by atoms with Gasteiger partial charge < -0.3 is 0 Å². The van der Waals surface area contributed by atoms with Crippen molar-refractivity contribution in [3.05, 3.63) is 24.2 Å². The van der Waals surface area contributed by atoms with Crippen molar-refractivity contribution in [1.82, 2.24) is 19.9 Å². The Labute approximate surface area is 123 Å². The molecule has 0 aromatic carbocycles. The fraction of sp³-hybridized carbons (Fsp3) is 0.571. The Kier molecular flexibility index (Phi) is 3.00. The van der Waals surface area contributed by atoms with Crippen LogP contribution in [0.15, 0.2) is 18.3 Å². The number of sulfone groups is 1. The Morgan fingerprint density at radius 2 is 2.24 bits per heavy atom. The molecule has 7 heteroatoms. The Balaban J connectivity index is 1.85. The summed E-state index contributed by atoms with van der Waals surface area (Å²) in [6.45, 7) is 0.986. The van der Waals surface area contributed by atoms with Crippen LogP contribution in [0.25, 0.3) is 11.2 Å². The summed E-state index contributed by atoms with van der Waals surface area (Å²) < 4.78 is 25.7. The van der Waals surface area contributed by atoms with Crippen LogP contribution < -0.4 is 5.32 Å². The molecule has 1 N–H and O–H groups in total. The maximum Gasteiger partial charge on any atom is 0.161 e. The third-order valence-corrected chi connectivity index (χ3v) is 6.19. The first-order valence-corrected chi connectivity index (χ1v) is 9.23. The number of imidazole rings is 1. The van der Waals surface area contributed by atoms with E-state index in [0.717, 1.165) is 36.4 Å². The van der Waals surface area contributed by atoms with Crippen LogP contribution in [-0.4, -0.2) is 41.0 Å². The highest BCUT2D eigenvalue weighted by molar-refractivity contribution is 7.91. The molecule has 2 aliphatic rings. The molecule has 2 aromatic heterocycles. The molecule has 21 heavy (non-hydrogen) atoms. The average molecular weight is 306 g/mol. The minimum atomic E-state index is -2.92. The molecule has 2 fully saturated rings. The van der Waals surface area contributed by atoms with Crippen molar-refractivity contribution in [2.45, 2.75) is 31.3 Å². The standard InChI is InChI=1S/C14H18N4O2S/c19-21(20)8-5-10(9-21)13-17-11-3-1-7-16-14(11)18(13)12-4-2-6-15-12/h1,3,7,10,12,15H,2,4-6,8-9H2. The zero-order chi connectivity index (χ0) is 14.4.